The van der Waals surface area contributed by atoms with Gasteiger partial charge in [0.05, 0.1) is 15.5 Å². The van der Waals surface area contributed by atoms with Gasteiger partial charge in [-0.15, -0.1) is 0 Å². The normalized spacial score (nSPS) is 27.0. The summed E-state index contributed by atoms with van der Waals surface area (Å²) in [5, 5.41) is -0.533. The molecule has 1 aliphatic rings. The van der Waals surface area contributed by atoms with Crippen LogP contribution in [0.15, 0.2) is 52.2 Å². The lowest BCUT2D eigenvalue weighted by atomic mass is 10.2. The Morgan fingerprint density at radius 2 is 2.14 bits per heavy atom. The first-order chi connectivity index (χ1) is 16.1. The second kappa shape index (κ2) is 6.30. The highest BCUT2D eigenvalue weighted by atomic mass is 35.5. The van der Waals surface area contributed by atoms with Gasteiger partial charge in [-0.3, -0.25) is 0 Å². The van der Waals surface area contributed by atoms with Crippen LogP contribution < -0.4 is 4.90 Å². The molecule has 0 N–H and O–H groups in total. The Morgan fingerprint density at radius 3 is 3.00 bits per heavy atom. The number of nitrogens with zero attached hydrogens (tertiary/aromatic N) is 2. The number of halogens is 1. The van der Waals surface area contributed by atoms with E-state index in [4.69, 9.17) is 32.2 Å². The Kier molecular flexibility index (Phi) is 1.56. The highest BCUT2D eigenvalue weighted by Gasteiger charge is 2.22. The van der Waals surface area contributed by atoms with Gasteiger partial charge in [-0.25, -0.2) is 0 Å². The Balaban J connectivity index is 2.37. The van der Waals surface area contributed by atoms with Gasteiger partial charge in [0.15, 0.2) is 0 Å². The Hall–Kier alpha value is -1.16. The fraction of sp³-hybridized carbons (Fsp3) is 0.294. The topological polar surface area (TPSA) is 6.48 Å². The highest BCUT2D eigenvalue weighted by molar-refractivity contribution is 7.99. The summed E-state index contributed by atoms with van der Waals surface area (Å²) in [5.41, 5.74) is -0.501. The van der Waals surface area contributed by atoms with Gasteiger partial charge in [-0.2, -0.15) is 0 Å². The second-order valence-electron chi connectivity index (χ2n) is 3.96. The molecule has 2 nitrogen and oxygen atoms in total. The summed E-state index contributed by atoms with van der Waals surface area (Å²) < 4.78 is 121. The molecule has 0 saturated heterocycles. The van der Waals surface area contributed by atoms with Crippen molar-refractivity contribution in [3.8, 4) is 0 Å². The van der Waals surface area contributed by atoms with Crippen molar-refractivity contribution in [1.82, 2.24) is 4.90 Å². The van der Waals surface area contributed by atoms with Crippen LogP contribution >= 0.6 is 23.4 Å². The van der Waals surface area contributed by atoms with Gasteiger partial charge in [0.1, 0.15) is 0 Å². The van der Waals surface area contributed by atoms with Crippen LogP contribution in [0.1, 0.15) is 26.9 Å². The van der Waals surface area contributed by atoms with Crippen molar-refractivity contribution in [2.24, 2.45) is 0 Å². The van der Waals surface area contributed by atoms with Crippen molar-refractivity contribution < 1.29 is 20.6 Å². The average molecular weight is 334 g/mol. The molecule has 4 heteroatoms. The minimum atomic E-state index is -3.96. The van der Waals surface area contributed by atoms with E-state index in [2.05, 4.69) is 0 Å². The number of benzene rings is 2. The SMILES string of the molecule is [2H]c1c([2H])c2c(c([2H])c1Cl)N(C([2H])([2H])C([2H])([2H])C([2H])([2H])N(C([2H])([2H])[2H])C([2H])([2H])[2H])c1ccccc1S2. The van der Waals surface area contributed by atoms with Gasteiger partial charge in [0.25, 0.3) is 0 Å². The van der Waals surface area contributed by atoms with E-state index < -0.39 is 67.1 Å². The van der Waals surface area contributed by atoms with Gasteiger partial charge < -0.3 is 9.80 Å². The largest absolute Gasteiger partial charge is 0.340 e. The third-order valence-corrected chi connectivity index (χ3v) is 3.86. The van der Waals surface area contributed by atoms with E-state index in [0.29, 0.717) is 4.90 Å². The molecule has 1 heterocycles. The number of hydrogen-bond acceptors (Lipinski definition) is 3. The molecular formula is C17H19ClN2S. The standard InChI is InChI=1S/C17H19ClN2S/c1-19(2)10-5-11-20-14-6-3-4-7-16(14)21-17-9-8-13(18)12-15(17)20/h3-4,6-9,12H,5,10-11H2,1-2H3/i1D3,2D3,5D2,8D,9D,10D2,11D2,12D. The fourth-order valence-electron chi connectivity index (χ4n) is 1.81. The maximum absolute atomic E-state index is 8.77. The first-order valence-electron chi connectivity index (χ1n) is 13.3. The first kappa shape index (κ1) is 5.19. The summed E-state index contributed by atoms with van der Waals surface area (Å²) in [5.74, 6) is 0. The molecule has 0 radical (unpaired) electrons. The maximum Gasteiger partial charge on any atom is 0.0661 e. The minimum Gasteiger partial charge on any atom is -0.340 e. The van der Waals surface area contributed by atoms with E-state index in [0.717, 1.165) is 11.8 Å². The zero-order chi connectivity index (χ0) is 27.8. The summed E-state index contributed by atoms with van der Waals surface area (Å²) in [6.07, 6.45) is -3.89. The molecule has 2 aromatic rings. The van der Waals surface area contributed by atoms with E-state index in [-0.39, 0.29) is 15.5 Å². The van der Waals surface area contributed by atoms with Gasteiger partial charge in [0.2, 0.25) is 0 Å². The number of rotatable bonds is 4. The van der Waals surface area contributed by atoms with Crippen molar-refractivity contribution in [3.63, 3.8) is 0 Å². The fourth-order valence-corrected chi connectivity index (χ4v) is 2.91. The minimum absolute atomic E-state index is 0.0595. The summed E-state index contributed by atoms with van der Waals surface area (Å²) in [7, 11) is 0. The molecule has 0 unspecified atom stereocenters. The monoisotopic (exact) mass is 333 g/mol. The van der Waals surface area contributed by atoms with Crippen molar-refractivity contribution in [1.29, 1.82) is 0 Å². The van der Waals surface area contributed by atoms with Crippen LogP contribution in [0.2, 0.25) is 5.02 Å². The lowest BCUT2D eigenvalue weighted by Crippen LogP contribution is -2.25. The Labute approximate surface area is 156 Å². The predicted octanol–water partition coefficient (Wildman–Crippen LogP) is 4.89. The number of anilines is 2. The van der Waals surface area contributed by atoms with Crippen LogP contribution in [0.3, 0.4) is 0 Å². The summed E-state index contributed by atoms with van der Waals surface area (Å²) in [6.45, 7) is -14.9. The lowest BCUT2D eigenvalue weighted by molar-refractivity contribution is 0.402. The van der Waals surface area contributed by atoms with Crippen LogP contribution in [0.25, 0.3) is 0 Å². The second-order valence-corrected chi connectivity index (χ2v) is 5.39. The third-order valence-electron chi connectivity index (χ3n) is 2.61. The summed E-state index contributed by atoms with van der Waals surface area (Å²) >= 11 is 6.96. The molecule has 0 saturated carbocycles. The van der Waals surface area contributed by atoms with Gasteiger partial charge in [-0.05, 0) is 57.1 Å². The zero-order valence-electron chi connectivity index (χ0n) is 25.5. The Bertz CT molecular complexity index is 1180. The average Bonchev–Trinajstić information content (AvgIpc) is 2.71. The van der Waals surface area contributed by atoms with E-state index in [1.54, 1.807) is 6.07 Å². The molecule has 0 bridgehead atoms. The molecular weight excluding hydrogens is 300 g/mol. The predicted molar refractivity (Wildman–Crippen MR) is 92.2 cm³/mol. The van der Waals surface area contributed by atoms with E-state index in [1.165, 1.54) is 18.2 Å². The van der Waals surface area contributed by atoms with E-state index in [9.17, 15) is 0 Å². The smallest absolute Gasteiger partial charge is 0.0661 e. The molecule has 0 atom stereocenters. The Morgan fingerprint density at radius 1 is 1.29 bits per heavy atom. The van der Waals surface area contributed by atoms with E-state index in [1.807, 2.05) is 0 Å². The molecule has 2 aromatic carbocycles. The molecule has 0 spiro atoms. The maximum atomic E-state index is 8.77. The third kappa shape index (κ3) is 3.20. The van der Waals surface area contributed by atoms with Gasteiger partial charge in [0, 0.05) is 37.8 Å². The summed E-state index contributed by atoms with van der Waals surface area (Å²) in [6, 6.07) is 4.20. The van der Waals surface area contributed by atoms with Crippen LogP contribution in [-0.4, -0.2) is 31.8 Å². The van der Waals surface area contributed by atoms with E-state index >= 15 is 0 Å². The first-order valence-corrected chi connectivity index (χ1v) is 6.96. The molecule has 1 aliphatic heterocycles. The quantitative estimate of drug-likeness (QED) is 0.786. The molecule has 0 aliphatic carbocycles. The molecule has 3 rings (SSSR count). The molecule has 0 amide bonds. The van der Waals surface area contributed by atoms with Crippen LogP contribution in [0.5, 0.6) is 0 Å². The highest BCUT2D eigenvalue weighted by Crippen LogP contribution is 2.48. The van der Waals surface area contributed by atoms with Gasteiger partial charge in [-0.1, -0.05) is 35.5 Å². The number of para-hydroxylation sites is 1. The van der Waals surface area contributed by atoms with Gasteiger partial charge >= 0.3 is 0 Å². The zero-order valence-corrected chi connectivity index (χ0v) is 12.1. The lowest BCUT2D eigenvalue weighted by Gasteiger charge is -2.33. The number of fused-ring (bicyclic) bond motifs is 2. The summed E-state index contributed by atoms with van der Waals surface area (Å²) in [4.78, 5) is 0.0445. The molecule has 0 fully saturated rings. The van der Waals surface area contributed by atoms with Crippen LogP contribution in [-0.2, 0) is 0 Å². The molecule has 110 valence electrons. The number of hydrogen-bond donors (Lipinski definition) is 0. The van der Waals surface area contributed by atoms with Crippen LogP contribution in [0, 0.1) is 0 Å². The van der Waals surface area contributed by atoms with Crippen molar-refractivity contribution in [3.05, 3.63) is 47.4 Å². The van der Waals surface area contributed by atoms with Crippen molar-refractivity contribution in [2.75, 3.05) is 31.8 Å². The van der Waals surface area contributed by atoms with Crippen LogP contribution in [0.4, 0.5) is 11.4 Å². The van der Waals surface area contributed by atoms with Crippen molar-refractivity contribution in [2.45, 2.75) is 16.2 Å². The van der Waals surface area contributed by atoms with Crippen molar-refractivity contribution >= 4 is 34.7 Å². The molecule has 0 aromatic heterocycles. The molecule has 21 heavy (non-hydrogen) atoms.